The number of anilines is 2. The van der Waals surface area contributed by atoms with Crippen molar-refractivity contribution in [3.8, 4) is 0 Å². The molecule has 0 saturated carbocycles. The van der Waals surface area contributed by atoms with Gasteiger partial charge in [0.25, 0.3) is 5.91 Å². The summed E-state index contributed by atoms with van der Waals surface area (Å²) in [6.45, 7) is 2.35. The third kappa shape index (κ3) is 6.85. The molecule has 0 aliphatic carbocycles. The van der Waals surface area contributed by atoms with Gasteiger partial charge in [0.2, 0.25) is 5.91 Å². The van der Waals surface area contributed by atoms with E-state index < -0.39 is 6.04 Å². The Balaban J connectivity index is 1.69. The predicted molar refractivity (Wildman–Crippen MR) is 150 cm³/mol. The molecule has 0 aromatic heterocycles. The van der Waals surface area contributed by atoms with Gasteiger partial charge in [0, 0.05) is 32.0 Å². The van der Waals surface area contributed by atoms with E-state index in [1.54, 1.807) is 4.90 Å². The molecule has 0 aliphatic heterocycles. The fraction of sp³-hybridized carbons (Fsp3) is 0.188. The van der Waals surface area contributed by atoms with Gasteiger partial charge in [0.1, 0.15) is 6.04 Å². The average Bonchev–Trinajstić information content (AvgIpc) is 2.91. The lowest BCUT2D eigenvalue weighted by atomic mass is 10.0. The summed E-state index contributed by atoms with van der Waals surface area (Å²) in [7, 11) is 3.95. The number of hydrogen-bond acceptors (Lipinski definition) is 3. The van der Waals surface area contributed by atoms with Crippen LogP contribution in [0.2, 0.25) is 0 Å². The van der Waals surface area contributed by atoms with Crippen molar-refractivity contribution >= 4 is 23.2 Å². The van der Waals surface area contributed by atoms with E-state index in [4.69, 9.17) is 0 Å². The number of nitrogens with one attached hydrogen (secondary N) is 1. The molecule has 4 rings (SSSR count). The Morgan fingerprint density at radius 2 is 1.32 bits per heavy atom. The lowest BCUT2D eigenvalue weighted by molar-refractivity contribution is -0.139. The fourth-order valence-corrected chi connectivity index (χ4v) is 4.25. The van der Waals surface area contributed by atoms with E-state index >= 15 is 0 Å². The molecule has 4 aromatic carbocycles. The van der Waals surface area contributed by atoms with Crippen LogP contribution in [-0.4, -0.2) is 30.8 Å². The topological polar surface area (TPSA) is 52.7 Å². The normalized spacial score (nSPS) is 11.4. The van der Waals surface area contributed by atoms with Crippen molar-refractivity contribution in [1.29, 1.82) is 0 Å². The molecule has 0 aliphatic rings. The number of aryl methyl sites for hydroxylation is 1. The van der Waals surface area contributed by atoms with Crippen molar-refractivity contribution in [1.82, 2.24) is 4.90 Å². The Morgan fingerprint density at radius 3 is 1.92 bits per heavy atom. The first-order valence-electron chi connectivity index (χ1n) is 12.4. The van der Waals surface area contributed by atoms with Crippen molar-refractivity contribution in [2.45, 2.75) is 25.9 Å². The number of rotatable bonds is 9. The van der Waals surface area contributed by atoms with Gasteiger partial charge in [-0.3, -0.25) is 9.59 Å². The average molecular weight is 492 g/mol. The fourth-order valence-electron chi connectivity index (χ4n) is 4.25. The van der Waals surface area contributed by atoms with Gasteiger partial charge in [0.15, 0.2) is 0 Å². The first kappa shape index (κ1) is 25.7. The summed E-state index contributed by atoms with van der Waals surface area (Å²) in [5.74, 6) is -0.365. The summed E-state index contributed by atoms with van der Waals surface area (Å²) >= 11 is 0. The van der Waals surface area contributed by atoms with Gasteiger partial charge in [-0.05, 0) is 47.9 Å². The van der Waals surface area contributed by atoms with E-state index in [0.717, 1.165) is 27.9 Å². The van der Waals surface area contributed by atoms with Crippen LogP contribution in [0.15, 0.2) is 109 Å². The smallest absolute Gasteiger partial charge is 0.251 e. The maximum absolute atomic E-state index is 13.9. The number of carbonyl (C=O) groups excluding carboxylic acids is 2. The standard InChI is InChI=1S/C32H33N3O2/c1-24-14-16-26(17-15-24)23-35(30(36)22-25-10-6-4-7-11-25)31(27-12-8-5-9-13-27)32(37)33-28-18-20-29(21-19-28)34(2)3/h4-21,31H,22-23H2,1-3H3,(H,33,37). The second kappa shape index (κ2) is 12.0. The van der Waals surface area contributed by atoms with Gasteiger partial charge in [-0.1, -0.05) is 90.5 Å². The van der Waals surface area contributed by atoms with E-state index in [-0.39, 0.29) is 18.2 Å². The highest BCUT2D eigenvalue weighted by Gasteiger charge is 2.31. The Labute approximate surface area is 219 Å². The molecule has 0 fully saturated rings. The SMILES string of the molecule is Cc1ccc(CN(C(=O)Cc2ccccc2)C(C(=O)Nc2ccc(N(C)C)cc2)c2ccccc2)cc1. The molecule has 5 nitrogen and oxygen atoms in total. The summed E-state index contributed by atoms with van der Waals surface area (Å²) in [5.41, 5.74) is 5.51. The first-order valence-corrected chi connectivity index (χ1v) is 12.4. The summed E-state index contributed by atoms with van der Waals surface area (Å²) in [5, 5.41) is 3.05. The highest BCUT2D eigenvalue weighted by Crippen LogP contribution is 2.27. The minimum Gasteiger partial charge on any atom is -0.378 e. The van der Waals surface area contributed by atoms with Gasteiger partial charge in [-0.15, -0.1) is 0 Å². The van der Waals surface area contributed by atoms with Crippen LogP contribution in [0.1, 0.15) is 28.3 Å². The maximum atomic E-state index is 13.9. The summed E-state index contributed by atoms with van der Waals surface area (Å²) in [6, 6.07) is 34.1. The number of nitrogens with zero attached hydrogens (tertiary/aromatic N) is 2. The molecular weight excluding hydrogens is 458 g/mol. The minimum atomic E-state index is -0.799. The van der Waals surface area contributed by atoms with Crippen LogP contribution in [0, 0.1) is 6.92 Å². The van der Waals surface area contributed by atoms with Crippen molar-refractivity contribution in [2.24, 2.45) is 0 Å². The van der Waals surface area contributed by atoms with Crippen LogP contribution in [0.4, 0.5) is 11.4 Å². The minimum absolute atomic E-state index is 0.112. The van der Waals surface area contributed by atoms with Gasteiger partial charge < -0.3 is 15.1 Å². The van der Waals surface area contributed by atoms with Gasteiger partial charge in [-0.25, -0.2) is 0 Å². The summed E-state index contributed by atoms with van der Waals surface area (Å²) in [4.78, 5) is 31.4. The number of carbonyl (C=O) groups is 2. The third-order valence-electron chi connectivity index (χ3n) is 6.32. The maximum Gasteiger partial charge on any atom is 0.251 e. The molecule has 0 bridgehead atoms. The molecule has 0 radical (unpaired) electrons. The van der Waals surface area contributed by atoms with E-state index in [0.29, 0.717) is 12.2 Å². The Morgan fingerprint density at radius 1 is 0.730 bits per heavy atom. The zero-order chi connectivity index (χ0) is 26.2. The van der Waals surface area contributed by atoms with Gasteiger partial charge in [0.05, 0.1) is 6.42 Å². The largest absolute Gasteiger partial charge is 0.378 e. The molecule has 1 unspecified atom stereocenters. The van der Waals surface area contributed by atoms with Crippen molar-refractivity contribution in [2.75, 3.05) is 24.3 Å². The molecule has 2 amide bonds. The highest BCUT2D eigenvalue weighted by molar-refractivity contribution is 5.98. The quantitative estimate of drug-likeness (QED) is 0.312. The molecule has 1 atom stereocenters. The second-order valence-corrected chi connectivity index (χ2v) is 9.41. The summed E-state index contributed by atoms with van der Waals surface area (Å²) < 4.78 is 0. The molecule has 0 spiro atoms. The van der Waals surface area contributed by atoms with E-state index in [9.17, 15) is 9.59 Å². The highest BCUT2D eigenvalue weighted by atomic mass is 16.2. The monoisotopic (exact) mass is 491 g/mol. The van der Waals surface area contributed by atoms with Crippen LogP contribution in [-0.2, 0) is 22.6 Å². The molecule has 0 saturated heterocycles. The second-order valence-electron chi connectivity index (χ2n) is 9.41. The first-order chi connectivity index (χ1) is 17.9. The number of amides is 2. The molecule has 188 valence electrons. The van der Waals surface area contributed by atoms with E-state index in [1.165, 1.54) is 0 Å². The van der Waals surface area contributed by atoms with Crippen LogP contribution in [0.5, 0.6) is 0 Å². The van der Waals surface area contributed by atoms with Crippen LogP contribution >= 0.6 is 0 Å². The lowest BCUT2D eigenvalue weighted by Crippen LogP contribution is -2.41. The van der Waals surface area contributed by atoms with Crippen molar-refractivity contribution in [3.05, 3.63) is 131 Å². The van der Waals surface area contributed by atoms with Crippen LogP contribution in [0.25, 0.3) is 0 Å². The Hall–Kier alpha value is -4.38. The zero-order valence-corrected chi connectivity index (χ0v) is 21.6. The summed E-state index contributed by atoms with van der Waals surface area (Å²) in [6.07, 6.45) is 0.209. The van der Waals surface area contributed by atoms with Crippen LogP contribution in [0.3, 0.4) is 0 Å². The van der Waals surface area contributed by atoms with Crippen molar-refractivity contribution < 1.29 is 9.59 Å². The van der Waals surface area contributed by atoms with Gasteiger partial charge in [-0.2, -0.15) is 0 Å². The predicted octanol–water partition coefficient (Wildman–Crippen LogP) is 6.01. The molecule has 4 aromatic rings. The third-order valence-corrected chi connectivity index (χ3v) is 6.32. The Kier molecular flexibility index (Phi) is 8.37. The molecule has 0 heterocycles. The molecule has 1 N–H and O–H groups in total. The van der Waals surface area contributed by atoms with Crippen LogP contribution < -0.4 is 10.2 Å². The molecular formula is C32H33N3O2. The van der Waals surface area contributed by atoms with E-state index in [1.807, 2.05) is 135 Å². The van der Waals surface area contributed by atoms with E-state index in [2.05, 4.69) is 5.32 Å². The number of hydrogen-bond donors (Lipinski definition) is 1. The number of benzene rings is 4. The molecule has 5 heteroatoms. The van der Waals surface area contributed by atoms with Crippen molar-refractivity contribution in [3.63, 3.8) is 0 Å². The zero-order valence-electron chi connectivity index (χ0n) is 21.6. The lowest BCUT2D eigenvalue weighted by Gasteiger charge is -2.32. The van der Waals surface area contributed by atoms with Gasteiger partial charge >= 0.3 is 0 Å². The molecule has 37 heavy (non-hydrogen) atoms. The Bertz CT molecular complexity index is 1300.